The third-order valence-corrected chi connectivity index (χ3v) is 5.34. The van der Waals surface area contributed by atoms with E-state index < -0.39 is 12.1 Å². The lowest BCUT2D eigenvalue weighted by atomic mass is 10.1. The van der Waals surface area contributed by atoms with Gasteiger partial charge in [0.1, 0.15) is 5.56 Å². The highest BCUT2D eigenvalue weighted by atomic mass is 16.5. The molecule has 0 spiro atoms. The first kappa shape index (κ1) is 22.3. The Bertz CT molecular complexity index is 1110. The van der Waals surface area contributed by atoms with Gasteiger partial charge in [-0.1, -0.05) is 42.0 Å². The molecule has 0 aliphatic heterocycles. The van der Waals surface area contributed by atoms with Crippen LogP contribution >= 0.6 is 0 Å². The van der Waals surface area contributed by atoms with E-state index in [1.54, 1.807) is 18.5 Å². The number of aryl methyl sites for hydroxylation is 4. The first-order valence-electron chi connectivity index (χ1n) is 10.3. The Hall–Kier alpha value is -3.41. The molecule has 6 nitrogen and oxygen atoms in total. The van der Waals surface area contributed by atoms with Gasteiger partial charge < -0.3 is 10.1 Å². The highest BCUT2D eigenvalue weighted by Gasteiger charge is 2.25. The maximum Gasteiger partial charge on any atom is 0.342 e. The van der Waals surface area contributed by atoms with Gasteiger partial charge in [0.05, 0.1) is 17.9 Å². The van der Waals surface area contributed by atoms with Crippen molar-refractivity contribution in [2.45, 2.75) is 54.2 Å². The van der Waals surface area contributed by atoms with Crippen LogP contribution in [-0.2, 0) is 16.1 Å². The van der Waals surface area contributed by atoms with Crippen LogP contribution in [0.25, 0.3) is 0 Å². The summed E-state index contributed by atoms with van der Waals surface area (Å²) in [6.45, 7) is 11.7. The van der Waals surface area contributed by atoms with E-state index in [1.807, 2.05) is 70.2 Å². The summed E-state index contributed by atoms with van der Waals surface area (Å²) in [6.07, 6.45) is -0.938. The second-order valence-corrected chi connectivity index (χ2v) is 8.04. The van der Waals surface area contributed by atoms with Crippen LogP contribution < -0.4 is 5.32 Å². The monoisotopic (exact) mass is 419 g/mol. The van der Waals surface area contributed by atoms with E-state index in [0.717, 1.165) is 16.7 Å². The highest BCUT2D eigenvalue weighted by Crippen LogP contribution is 2.19. The number of hydrogen-bond acceptors (Lipinski definition) is 4. The van der Waals surface area contributed by atoms with E-state index >= 15 is 0 Å². The summed E-state index contributed by atoms with van der Waals surface area (Å²) in [5.41, 5.74) is 6.68. The molecule has 1 aromatic heterocycles. The Balaban J connectivity index is 1.70. The zero-order chi connectivity index (χ0) is 22.7. The number of ether oxygens (including phenoxy) is 1. The maximum absolute atomic E-state index is 12.8. The summed E-state index contributed by atoms with van der Waals surface area (Å²) < 4.78 is 7.27. The van der Waals surface area contributed by atoms with Crippen LogP contribution in [0.3, 0.4) is 0 Å². The van der Waals surface area contributed by atoms with Gasteiger partial charge in [0.15, 0.2) is 6.10 Å². The third-order valence-electron chi connectivity index (χ3n) is 5.34. The fourth-order valence-corrected chi connectivity index (χ4v) is 3.39. The molecule has 3 aromatic rings. The molecule has 162 valence electrons. The highest BCUT2D eigenvalue weighted by molar-refractivity contribution is 5.98. The molecule has 1 atom stereocenters. The lowest BCUT2D eigenvalue weighted by Crippen LogP contribution is -2.30. The van der Waals surface area contributed by atoms with Crippen molar-refractivity contribution < 1.29 is 14.3 Å². The molecular formula is C25H29N3O3. The second-order valence-electron chi connectivity index (χ2n) is 8.04. The predicted octanol–water partition coefficient (Wildman–Crippen LogP) is 4.66. The molecular weight excluding hydrogens is 390 g/mol. The molecule has 2 aromatic carbocycles. The minimum absolute atomic E-state index is 0.371. The molecule has 0 unspecified atom stereocenters. The van der Waals surface area contributed by atoms with Gasteiger partial charge in [-0.3, -0.25) is 9.48 Å². The van der Waals surface area contributed by atoms with Gasteiger partial charge in [0, 0.05) is 5.69 Å². The summed E-state index contributed by atoms with van der Waals surface area (Å²) in [7, 11) is 0. The summed E-state index contributed by atoms with van der Waals surface area (Å²) in [5, 5.41) is 7.35. The Morgan fingerprint density at radius 3 is 2.32 bits per heavy atom. The molecule has 1 heterocycles. The van der Waals surface area contributed by atoms with Gasteiger partial charge in [-0.15, -0.1) is 0 Å². The van der Waals surface area contributed by atoms with Crippen LogP contribution in [0.1, 0.15) is 50.9 Å². The number of aromatic nitrogens is 2. The number of carbonyl (C=O) groups excluding carboxylic acids is 2. The van der Waals surface area contributed by atoms with Crippen molar-refractivity contribution >= 4 is 17.6 Å². The van der Waals surface area contributed by atoms with Gasteiger partial charge >= 0.3 is 5.97 Å². The predicted molar refractivity (Wildman–Crippen MR) is 121 cm³/mol. The molecule has 0 fully saturated rings. The largest absolute Gasteiger partial charge is 0.449 e. The fraction of sp³-hybridized carbons (Fsp3) is 0.320. The second kappa shape index (κ2) is 9.16. The van der Waals surface area contributed by atoms with Gasteiger partial charge in [0.25, 0.3) is 5.91 Å². The smallest absolute Gasteiger partial charge is 0.342 e. The number of nitrogens with one attached hydrogen (secondary N) is 1. The lowest BCUT2D eigenvalue weighted by Gasteiger charge is -2.15. The molecule has 0 aliphatic carbocycles. The molecule has 0 radical (unpaired) electrons. The normalized spacial score (nSPS) is 11.8. The van der Waals surface area contributed by atoms with E-state index in [4.69, 9.17) is 4.74 Å². The standard InChI is InChI=1S/C25H29N3O3/c1-15-8-11-21(12-9-15)14-28-19(5)23(18(4)27-28)25(30)31-20(6)24(29)26-22-13-16(2)7-10-17(22)3/h7-13,20H,14H2,1-6H3,(H,26,29)/t20-/m1/s1. The summed E-state index contributed by atoms with van der Waals surface area (Å²) in [5.74, 6) is -0.918. The van der Waals surface area contributed by atoms with Gasteiger partial charge in [0.2, 0.25) is 0 Å². The summed E-state index contributed by atoms with van der Waals surface area (Å²) >= 11 is 0. The van der Waals surface area contributed by atoms with Crippen molar-refractivity contribution in [3.8, 4) is 0 Å². The number of carbonyl (C=O) groups is 2. The molecule has 3 rings (SSSR count). The topological polar surface area (TPSA) is 73.2 Å². The lowest BCUT2D eigenvalue weighted by molar-refractivity contribution is -0.123. The van der Waals surface area contributed by atoms with Crippen molar-refractivity contribution in [1.29, 1.82) is 0 Å². The maximum atomic E-state index is 12.8. The Morgan fingerprint density at radius 1 is 1.00 bits per heavy atom. The molecule has 0 saturated heterocycles. The van der Waals surface area contributed by atoms with Crippen LogP contribution in [-0.4, -0.2) is 27.8 Å². The van der Waals surface area contributed by atoms with Gasteiger partial charge in [-0.05, 0) is 64.3 Å². The number of esters is 1. The van der Waals surface area contributed by atoms with Crippen LogP contribution in [0.2, 0.25) is 0 Å². The SMILES string of the molecule is Cc1ccc(Cn2nc(C)c(C(=O)O[C@H](C)C(=O)Nc3cc(C)ccc3C)c2C)cc1. The average Bonchev–Trinajstić information content (AvgIpc) is 2.99. The fourth-order valence-electron chi connectivity index (χ4n) is 3.39. The molecule has 0 saturated carbocycles. The average molecular weight is 420 g/mol. The van der Waals surface area contributed by atoms with Crippen molar-refractivity contribution in [2.24, 2.45) is 0 Å². The molecule has 1 amide bonds. The van der Waals surface area contributed by atoms with E-state index in [9.17, 15) is 9.59 Å². The molecule has 6 heteroatoms. The van der Waals surface area contributed by atoms with Crippen molar-refractivity contribution in [2.75, 3.05) is 5.32 Å². The number of amides is 1. The van der Waals surface area contributed by atoms with E-state index in [1.165, 1.54) is 5.56 Å². The van der Waals surface area contributed by atoms with Gasteiger partial charge in [-0.25, -0.2) is 4.79 Å². The van der Waals surface area contributed by atoms with Gasteiger partial charge in [-0.2, -0.15) is 5.10 Å². The molecule has 0 bridgehead atoms. The number of nitrogens with zero attached hydrogens (tertiary/aromatic N) is 2. The Kier molecular flexibility index (Phi) is 6.59. The zero-order valence-electron chi connectivity index (χ0n) is 18.9. The molecule has 31 heavy (non-hydrogen) atoms. The Labute approximate surface area is 183 Å². The van der Waals surface area contributed by atoms with Crippen LogP contribution in [0.4, 0.5) is 5.69 Å². The van der Waals surface area contributed by atoms with Crippen LogP contribution in [0, 0.1) is 34.6 Å². The minimum atomic E-state index is -0.938. The number of benzene rings is 2. The van der Waals surface area contributed by atoms with E-state index in [2.05, 4.69) is 10.4 Å². The first-order valence-corrected chi connectivity index (χ1v) is 10.3. The van der Waals surface area contributed by atoms with E-state index in [-0.39, 0.29) is 5.91 Å². The van der Waals surface area contributed by atoms with E-state index in [0.29, 0.717) is 29.2 Å². The van der Waals surface area contributed by atoms with Crippen LogP contribution in [0.5, 0.6) is 0 Å². The van der Waals surface area contributed by atoms with Crippen molar-refractivity contribution in [3.05, 3.63) is 81.7 Å². The van der Waals surface area contributed by atoms with Crippen LogP contribution in [0.15, 0.2) is 42.5 Å². The number of anilines is 1. The third kappa shape index (κ3) is 5.20. The van der Waals surface area contributed by atoms with Crippen molar-refractivity contribution in [1.82, 2.24) is 9.78 Å². The Morgan fingerprint density at radius 2 is 1.65 bits per heavy atom. The molecule has 1 N–H and O–H groups in total. The van der Waals surface area contributed by atoms with Crippen molar-refractivity contribution in [3.63, 3.8) is 0 Å². The summed E-state index contributed by atoms with van der Waals surface area (Å²) in [4.78, 5) is 25.4. The minimum Gasteiger partial charge on any atom is -0.449 e. The number of hydrogen-bond donors (Lipinski definition) is 1. The zero-order valence-corrected chi connectivity index (χ0v) is 18.9. The number of rotatable bonds is 6. The quantitative estimate of drug-likeness (QED) is 0.590. The summed E-state index contributed by atoms with van der Waals surface area (Å²) in [6, 6.07) is 14.0. The first-order chi connectivity index (χ1) is 14.7. The molecule has 0 aliphatic rings.